The van der Waals surface area contributed by atoms with E-state index in [2.05, 4.69) is 26.0 Å². The van der Waals surface area contributed by atoms with Gasteiger partial charge in [0.15, 0.2) is 0 Å². The maximum atomic E-state index is 12.3. The fraction of sp³-hybridized carbons (Fsp3) is 0.500. The van der Waals surface area contributed by atoms with E-state index in [1.54, 1.807) is 0 Å². The number of hydrogen-bond donors (Lipinski definition) is 3. The summed E-state index contributed by atoms with van der Waals surface area (Å²) in [6.45, 7) is 9.31. The van der Waals surface area contributed by atoms with Crippen LogP contribution in [-0.2, 0) is 11.3 Å². The Morgan fingerprint density at radius 1 is 1.25 bits per heavy atom. The highest BCUT2D eigenvalue weighted by atomic mass is 32.1. The minimum absolute atomic E-state index is 0.0854. The van der Waals surface area contributed by atoms with Gasteiger partial charge in [0.2, 0.25) is 5.88 Å². The third-order valence-electron chi connectivity index (χ3n) is 5.29. The molecule has 1 aliphatic rings. The zero-order valence-corrected chi connectivity index (χ0v) is 19.4. The molecule has 2 heterocycles. The summed E-state index contributed by atoms with van der Waals surface area (Å²) in [5.41, 5.74) is 8.86. The molecule has 1 saturated heterocycles. The highest BCUT2D eigenvalue weighted by Crippen LogP contribution is 2.31. The number of nitrogens with two attached hydrogens (primary N) is 1. The maximum Gasteiger partial charge on any atom is 0.319 e. The summed E-state index contributed by atoms with van der Waals surface area (Å²) in [6, 6.07) is 5.64. The van der Waals surface area contributed by atoms with Gasteiger partial charge in [0.25, 0.3) is 5.91 Å². The molecule has 1 aliphatic heterocycles. The molecule has 0 unspecified atom stereocenters. The Hall–Kier alpha value is -2.69. The van der Waals surface area contributed by atoms with Crippen LogP contribution >= 0.6 is 11.5 Å². The summed E-state index contributed by atoms with van der Waals surface area (Å²) in [5.74, 6) is -0.571. The van der Waals surface area contributed by atoms with Crippen molar-refractivity contribution in [1.29, 1.82) is 0 Å². The van der Waals surface area contributed by atoms with Crippen LogP contribution in [0.25, 0.3) is 0 Å². The number of carbonyl (C=O) groups is 2. The first-order chi connectivity index (χ1) is 15.4. The molecule has 0 bridgehead atoms. The van der Waals surface area contributed by atoms with Gasteiger partial charge in [-0.25, -0.2) is 4.79 Å². The molecule has 32 heavy (non-hydrogen) atoms. The largest absolute Gasteiger partial charge is 0.472 e. The van der Waals surface area contributed by atoms with Crippen LogP contribution in [0.2, 0.25) is 0 Å². The van der Waals surface area contributed by atoms with Crippen molar-refractivity contribution < 1.29 is 19.1 Å². The van der Waals surface area contributed by atoms with Gasteiger partial charge in [0.1, 0.15) is 17.2 Å². The molecule has 3 amide bonds. The number of anilines is 1. The number of benzene rings is 1. The van der Waals surface area contributed by atoms with E-state index < -0.39 is 11.9 Å². The second kappa shape index (κ2) is 11.8. The lowest BCUT2D eigenvalue weighted by molar-refractivity contribution is 0.0372. The van der Waals surface area contributed by atoms with Crippen LogP contribution in [0.15, 0.2) is 18.2 Å². The van der Waals surface area contributed by atoms with Gasteiger partial charge in [-0.2, -0.15) is 4.37 Å². The number of ether oxygens (including phenoxy) is 2. The van der Waals surface area contributed by atoms with Gasteiger partial charge in [-0.15, -0.1) is 0 Å². The Balaban J connectivity index is 1.47. The zero-order chi connectivity index (χ0) is 22.9. The van der Waals surface area contributed by atoms with Gasteiger partial charge in [0, 0.05) is 19.6 Å². The molecule has 174 valence electrons. The first-order valence-electron chi connectivity index (χ1n) is 10.8. The third kappa shape index (κ3) is 6.91. The second-order valence-electron chi connectivity index (χ2n) is 7.82. The van der Waals surface area contributed by atoms with Crippen LogP contribution in [0.5, 0.6) is 5.88 Å². The highest BCUT2D eigenvalue weighted by Gasteiger charge is 2.22. The predicted molar refractivity (Wildman–Crippen MR) is 124 cm³/mol. The Kier molecular flexibility index (Phi) is 8.83. The van der Waals surface area contributed by atoms with E-state index in [1.165, 1.54) is 0 Å². The van der Waals surface area contributed by atoms with E-state index in [0.29, 0.717) is 6.54 Å². The first-order valence-corrected chi connectivity index (χ1v) is 11.5. The molecule has 0 radical (unpaired) electrons. The summed E-state index contributed by atoms with van der Waals surface area (Å²) >= 11 is 0.971. The fourth-order valence-corrected chi connectivity index (χ4v) is 4.20. The number of primary amides is 1. The molecule has 2 aromatic rings. The quantitative estimate of drug-likeness (QED) is 0.468. The molecule has 0 saturated carbocycles. The van der Waals surface area contributed by atoms with Crippen LogP contribution < -0.4 is 21.1 Å². The van der Waals surface area contributed by atoms with Gasteiger partial charge in [0.05, 0.1) is 13.2 Å². The lowest BCUT2D eigenvalue weighted by atomic mass is 10.1. The van der Waals surface area contributed by atoms with Crippen molar-refractivity contribution in [2.45, 2.75) is 33.3 Å². The number of urea groups is 1. The Morgan fingerprint density at radius 3 is 2.75 bits per heavy atom. The number of aryl methyl sites for hydroxylation is 2. The van der Waals surface area contributed by atoms with Crippen molar-refractivity contribution in [2.75, 3.05) is 44.7 Å². The van der Waals surface area contributed by atoms with Crippen LogP contribution in [0.3, 0.4) is 0 Å². The Bertz CT molecular complexity index is 927. The summed E-state index contributed by atoms with van der Waals surface area (Å²) in [4.78, 5) is 26.6. The molecular weight excluding hydrogens is 430 g/mol. The minimum atomic E-state index is -0.699. The predicted octanol–water partition coefficient (Wildman–Crippen LogP) is 2.67. The van der Waals surface area contributed by atoms with Crippen molar-refractivity contribution in [3.8, 4) is 5.88 Å². The van der Waals surface area contributed by atoms with Gasteiger partial charge in [-0.3, -0.25) is 15.0 Å². The van der Waals surface area contributed by atoms with E-state index in [-0.39, 0.29) is 23.1 Å². The average molecular weight is 462 g/mol. The number of morpholine rings is 1. The number of amides is 3. The van der Waals surface area contributed by atoms with Gasteiger partial charge in [-0.1, -0.05) is 23.8 Å². The number of rotatable bonds is 10. The van der Waals surface area contributed by atoms with Crippen molar-refractivity contribution in [3.63, 3.8) is 0 Å². The molecule has 10 heteroatoms. The van der Waals surface area contributed by atoms with E-state index in [0.717, 1.165) is 73.9 Å². The standard InChI is InChI=1S/C22H31N5O4S/c1-15-5-6-17(16(2)13-15)14-31-20-18(19(23)28)21(32-26-20)25-22(29)24-7-3-4-8-27-9-11-30-12-10-27/h5-6,13H,3-4,7-12,14H2,1-2H3,(H2,23,28)(H2,24,25,29). The number of nitrogens with one attached hydrogen (secondary N) is 2. The van der Waals surface area contributed by atoms with Crippen molar-refractivity contribution >= 4 is 28.5 Å². The van der Waals surface area contributed by atoms with Crippen molar-refractivity contribution in [3.05, 3.63) is 40.5 Å². The number of hydrogen-bond acceptors (Lipinski definition) is 7. The molecular formula is C22H31N5O4S. The highest BCUT2D eigenvalue weighted by molar-refractivity contribution is 7.11. The molecule has 4 N–H and O–H groups in total. The smallest absolute Gasteiger partial charge is 0.319 e. The number of nitrogens with zero attached hydrogens (tertiary/aromatic N) is 2. The third-order valence-corrected chi connectivity index (χ3v) is 6.03. The molecule has 0 aliphatic carbocycles. The molecule has 9 nitrogen and oxygen atoms in total. The van der Waals surface area contributed by atoms with E-state index >= 15 is 0 Å². The fourth-order valence-electron chi connectivity index (χ4n) is 3.46. The van der Waals surface area contributed by atoms with Crippen LogP contribution in [-0.4, -0.2) is 60.6 Å². The molecule has 0 spiro atoms. The summed E-state index contributed by atoms with van der Waals surface area (Å²) < 4.78 is 15.3. The maximum absolute atomic E-state index is 12.3. The van der Waals surface area contributed by atoms with E-state index in [4.69, 9.17) is 15.2 Å². The monoisotopic (exact) mass is 461 g/mol. The second-order valence-corrected chi connectivity index (χ2v) is 8.59. The van der Waals surface area contributed by atoms with E-state index in [1.807, 2.05) is 26.0 Å². The zero-order valence-electron chi connectivity index (χ0n) is 18.6. The Morgan fingerprint density at radius 2 is 2.03 bits per heavy atom. The van der Waals surface area contributed by atoms with Crippen LogP contribution in [0, 0.1) is 13.8 Å². The summed E-state index contributed by atoms with van der Waals surface area (Å²) in [7, 11) is 0. The van der Waals surface area contributed by atoms with Crippen LogP contribution in [0.4, 0.5) is 9.80 Å². The summed E-state index contributed by atoms with van der Waals surface area (Å²) in [6.07, 6.45) is 1.85. The lowest BCUT2D eigenvalue weighted by Crippen LogP contribution is -2.37. The number of unbranched alkanes of at least 4 members (excludes halogenated alkanes) is 1. The van der Waals surface area contributed by atoms with Crippen molar-refractivity contribution in [1.82, 2.24) is 14.6 Å². The van der Waals surface area contributed by atoms with E-state index in [9.17, 15) is 9.59 Å². The lowest BCUT2D eigenvalue weighted by Gasteiger charge is -2.26. The molecule has 0 atom stereocenters. The first kappa shape index (κ1) is 24.0. The minimum Gasteiger partial charge on any atom is -0.472 e. The SMILES string of the molecule is Cc1ccc(COc2nsc(NC(=O)NCCCCN3CCOCC3)c2C(N)=O)c(C)c1. The normalized spacial score (nSPS) is 14.2. The Labute approximate surface area is 192 Å². The van der Waals surface area contributed by atoms with Gasteiger partial charge in [-0.05, 0) is 55.9 Å². The molecule has 3 rings (SSSR count). The molecule has 1 aromatic heterocycles. The van der Waals surface area contributed by atoms with Crippen molar-refractivity contribution in [2.24, 2.45) is 5.73 Å². The summed E-state index contributed by atoms with van der Waals surface area (Å²) in [5, 5.41) is 5.75. The van der Waals surface area contributed by atoms with Crippen LogP contribution in [0.1, 0.15) is 39.9 Å². The van der Waals surface area contributed by atoms with Gasteiger partial charge < -0.3 is 20.5 Å². The van der Waals surface area contributed by atoms with Gasteiger partial charge >= 0.3 is 6.03 Å². The number of aromatic nitrogens is 1. The molecule has 1 fully saturated rings. The topological polar surface area (TPSA) is 119 Å². The molecule has 1 aromatic carbocycles. The average Bonchev–Trinajstić information content (AvgIpc) is 3.16. The number of carbonyl (C=O) groups excluding carboxylic acids is 2.